The molecular weight excluding hydrogens is 336 g/mol. The number of benzene rings is 2. The van der Waals surface area contributed by atoms with Gasteiger partial charge in [-0.1, -0.05) is 30.3 Å². The summed E-state index contributed by atoms with van der Waals surface area (Å²) in [5, 5.41) is 0. The average molecular weight is 354 g/mol. The molecule has 0 aliphatic carbocycles. The van der Waals surface area contributed by atoms with Gasteiger partial charge in [-0.05, 0) is 30.2 Å². The van der Waals surface area contributed by atoms with Crippen LogP contribution in [-0.4, -0.2) is 31.9 Å². The molecule has 2 aromatic rings. The summed E-state index contributed by atoms with van der Waals surface area (Å²) in [4.78, 5) is 35.4. The number of ether oxygens (including phenoxy) is 3. The first-order valence-electron chi connectivity index (χ1n) is 8.24. The van der Waals surface area contributed by atoms with E-state index in [4.69, 9.17) is 14.2 Å². The zero-order valence-electron chi connectivity index (χ0n) is 14.2. The summed E-state index contributed by atoms with van der Waals surface area (Å²) in [5.41, 5.74) is 1.72. The third kappa shape index (κ3) is 3.44. The summed E-state index contributed by atoms with van der Waals surface area (Å²) in [6.45, 7) is 2.03. The van der Waals surface area contributed by atoms with Crippen LogP contribution < -0.4 is 9.47 Å². The standard InChI is InChI=1S/C20H18O6/c1-2-24-20(23)19(15-7-8-17-18(9-15)26-12-25-17)16(11-22)14-5-3-13(10-21)4-6-14/h3-11,16,19H,2,12H2,1H3. The molecule has 6 nitrogen and oxygen atoms in total. The third-order valence-corrected chi connectivity index (χ3v) is 4.26. The fraction of sp³-hybridized carbons (Fsp3) is 0.250. The topological polar surface area (TPSA) is 78.9 Å². The number of esters is 1. The number of hydrogen-bond acceptors (Lipinski definition) is 6. The summed E-state index contributed by atoms with van der Waals surface area (Å²) >= 11 is 0. The van der Waals surface area contributed by atoms with Gasteiger partial charge in [-0.2, -0.15) is 0 Å². The lowest BCUT2D eigenvalue weighted by Gasteiger charge is -2.22. The number of carbonyl (C=O) groups excluding carboxylic acids is 3. The first-order valence-corrected chi connectivity index (χ1v) is 8.24. The Balaban J connectivity index is 2.02. The molecular formula is C20H18O6. The number of carbonyl (C=O) groups is 3. The van der Waals surface area contributed by atoms with Gasteiger partial charge in [-0.15, -0.1) is 0 Å². The van der Waals surface area contributed by atoms with E-state index in [2.05, 4.69) is 0 Å². The van der Waals surface area contributed by atoms with Gasteiger partial charge in [0.2, 0.25) is 6.79 Å². The largest absolute Gasteiger partial charge is 0.465 e. The van der Waals surface area contributed by atoms with Gasteiger partial charge in [0.15, 0.2) is 11.5 Å². The molecule has 134 valence electrons. The van der Waals surface area contributed by atoms with E-state index in [-0.39, 0.29) is 13.4 Å². The molecule has 3 rings (SSSR count). The van der Waals surface area contributed by atoms with Crippen LogP contribution in [0.3, 0.4) is 0 Å². The van der Waals surface area contributed by atoms with Crippen LogP contribution in [0.5, 0.6) is 11.5 Å². The molecule has 0 saturated carbocycles. The molecule has 2 aromatic carbocycles. The molecule has 0 saturated heterocycles. The molecule has 1 heterocycles. The zero-order valence-corrected chi connectivity index (χ0v) is 14.2. The van der Waals surface area contributed by atoms with Gasteiger partial charge in [0.05, 0.1) is 18.4 Å². The normalized spacial score (nSPS) is 14.3. The maximum atomic E-state index is 12.6. The van der Waals surface area contributed by atoms with E-state index in [1.54, 1.807) is 49.4 Å². The van der Waals surface area contributed by atoms with Crippen molar-refractivity contribution in [1.29, 1.82) is 0 Å². The molecule has 0 spiro atoms. The molecule has 0 amide bonds. The van der Waals surface area contributed by atoms with Gasteiger partial charge in [0.1, 0.15) is 12.6 Å². The molecule has 2 unspecified atom stereocenters. The van der Waals surface area contributed by atoms with Gasteiger partial charge < -0.3 is 19.0 Å². The molecule has 0 fully saturated rings. The summed E-state index contributed by atoms with van der Waals surface area (Å²) < 4.78 is 15.9. The van der Waals surface area contributed by atoms with Gasteiger partial charge in [-0.25, -0.2) is 0 Å². The van der Waals surface area contributed by atoms with Crippen molar-refractivity contribution in [3.8, 4) is 11.5 Å². The van der Waals surface area contributed by atoms with Crippen molar-refractivity contribution in [2.45, 2.75) is 18.8 Å². The molecule has 0 aromatic heterocycles. The lowest BCUT2D eigenvalue weighted by molar-refractivity contribution is -0.146. The van der Waals surface area contributed by atoms with Crippen LogP contribution in [0.1, 0.15) is 40.2 Å². The Hall–Kier alpha value is -3.15. The van der Waals surface area contributed by atoms with Crippen molar-refractivity contribution in [2.75, 3.05) is 13.4 Å². The summed E-state index contributed by atoms with van der Waals surface area (Å²) in [6.07, 6.45) is 1.45. The minimum Gasteiger partial charge on any atom is -0.465 e. The zero-order chi connectivity index (χ0) is 18.5. The molecule has 2 atom stereocenters. The fourth-order valence-corrected chi connectivity index (χ4v) is 2.98. The molecule has 0 bridgehead atoms. The van der Waals surface area contributed by atoms with Crippen LogP contribution in [-0.2, 0) is 14.3 Å². The molecule has 6 heteroatoms. The Labute approximate surface area is 150 Å². The second-order valence-electron chi connectivity index (χ2n) is 5.79. The highest BCUT2D eigenvalue weighted by molar-refractivity contribution is 5.85. The Morgan fingerprint density at radius 3 is 2.42 bits per heavy atom. The third-order valence-electron chi connectivity index (χ3n) is 4.26. The van der Waals surface area contributed by atoms with E-state index >= 15 is 0 Å². The minimum absolute atomic E-state index is 0.118. The van der Waals surface area contributed by atoms with E-state index < -0.39 is 17.8 Å². The smallest absolute Gasteiger partial charge is 0.314 e. The van der Waals surface area contributed by atoms with Crippen molar-refractivity contribution >= 4 is 18.5 Å². The minimum atomic E-state index is -0.830. The van der Waals surface area contributed by atoms with Crippen molar-refractivity contribution in [2.24, 2.45) is 0 Å². The maximum absolute atomic E-state index is 12.6. The van der Waals surface area contributed by atoms with Gasteiger partial charge >= 0.3 is 5.97 Å². The second-order valence-corrected chi connectivity index (χ2v) is 5.79. The van der Waals surface area contributed by atoms with Crippen LogP contribution in [0.25, 0.3) is 0 Å². The molecule has 0 N–H and O–H groups in total. The van der Waals surface area contributed by atoms with Crippen LogP contribution in [0.4, 0.5) is 0 Å². The highest BCUT2D eigenvalue weighted by Crippen LogP contribution is 2.39. The van der Waals surface area contributed by atoms with E-state index in [1.807, 2.05) is 0 Å². The van der Waals surface area contributed by atoms with Crippen LogP contribution in [0.2, 0.25) is 0 Å². The van der Waals surface area contributed by atoms with Gasteiger partial charge in [0, 0.05) is 5.56 Å². The number of aldehydes is 2. The van der Waals surface area contributed by atoms with E-state index in [9.17, 15) is 14.4 Å². The maximum Gasteiger partial charge on any atom is 0.314 e. The molecule has 1 aliphatic heterocycles. The van der Waals surface area contributed by atoms with E-state index in [0.29, 0.717) is 28.2 Å². The van der Waals surface area contributed by atoms with Crippen molar-refractivity contribution in [3.63, 3.8) is 0 Å². The van der Waals surface area contributed by atoms with Crippen LogP contribution >= 0.6 is 0 Å². The number of hydrogen-bond donors (Lipinski definition) is 0. The Morgan fingerprint density at radius 2 is 1.77 bits per heavy atom. The van der Waals surface area contributed by atoms with Crippen LogP contribution in [0, 0.1) is 0 Å². The SMILES string of the molecule is CCOC(=O)C(c1ccc2c(c1)OCO2)C(C=O)c1ccc(C=O)cc1. The predicted molar refractivity (Wildman–Crippen MR) is 92.6 cm³/mol. The van der Waals surface area contributed by atoms with Gasteiger partial charge in [-0.3, -0.25) is 9.59 Å². The number of fused-ring (bicyclic) bond motifs is 1. The lowest BCUT2D eigenvalue weighted by Crippen LogP contribution is -2.24. The lowest BCUT2D eigenvalue weighted by atomic mass is 9.82. The first-order chi connectivity index (χ1) is 12.7. The second kappa shape index (κ2) is 7.82. The van der Waals surface area contributed by atoms with Crippen molar-refractivity contribution < 1.29 is 28.6 Å². The first kappa shape index (κ1) is 17.7. The Morgan fingerprint density at radius 1 is 1.08 bits per heavy atom. The highest BCUT2D eigenvalue weighted by atomic mass is 16.7. The van der Waals surface area contributed by atoms with Crippen LogP contribution in [0.15, 0.2) is 42.5 Å². The summed E-state index contributed by atoms with van der Waals surface area (Å²) in [7, 11) is 0. The highest BCUT2D eigenvalue weighted by Gasteiger charge is 2.33. The summed E-state index contributed by atoms with van der Waals surface area (Å²) in [6, 6.07) is 11.7. The van der Waals surface area contributed by atoms with Crippen molar-refractivity contribution in [1.82, 2.24) is 0 Å². The Bertz CT molecular complexity index is 812. The van der Waals surface area contributed by atoms with Gasteiger partial charge in [0.25, 0.3) is 0 Å². The predicted octanol–water partition coefficient (Wildman–Crippen LogP) is 2.86. The average Bonchev–Trinajstić information content (AvgIpc) is 3.14. The van der Waals surface area contributed by atoms with E-state index in [1.165, 1.54) is 0 Å². The summed E-state index contributed by atoms with van der Waals surface area (Å²) in [5.74, 6) is -0.964. The number of rotatable bonds is 7. The molecule has 1 aliphatic rings. The Kier molecular flexibility index (Phi) is 5.31. The monoisotopic (exact) mass is 354 g/mol. The molecule has 0 radical (unpaired) electrons. The molecule has 26 heavy (non-hydrogen) atoms. The van der Waals surface area contributed by atoms with E-state index in [0.717, 1.165) is 12.6 Å². The fourth-order valence-electron chi connectivity index (χ4n) is 2.98. The van der Waals surface area contributed by atoms with Crippen molar-refractivity contribution in [3.05, 3.63) is 59.2 Å². The quantitative estimate of drug-likeness (QED) is 0.562.